The van der Waals surface area contributed by atoms with Gasteiger partial charge in [-0.25, -0.2) is 4.79 Å². The van der Waals surface area contributed by atoms with E-state index in [1.54, 1.807) is 14.0 Å². The minimum atomic E-state index is -1.08. The topological polar surface area (TPSA) is 145 Å². The summed E-state index contributed by atoms with van der Waals surface area (Å²) in [6, 6.07) is -3.69. The van der Waals surface area contributed by atoms with Gasteiger partial charge in [0.05, 0.1) is 13.0 Å². The fourth-order valence-corrected chi connectivity index (χ4v) is 5.32. The monoisotopic (exact) mass is 507 g/mol. The van der Waals surface area contributed by atoms with Gasteiger partial charge >= 0.3 is 5.97 Å². The van der Waals surface area contributed by atoms with Crippen molar-refractivity contribution >= 4 is 35.9 Å². The summed E-state index contributed by atoms with van der Waals surface area (Å²) >= 11 is 0. The molecular formula is C24H37N5O7. The lowest BCUT2D eigenvalue weighted by Crippen LogP contribution is -2.61. The van der Waals surface area contributed by atoms with E-state index in [1.165, 1.54) is 21.6 Å². The average Bonchev–Trinajstić information content (AvgIpc) is 3.46. The quantitative estimate of drug-likeness (QED) is 0.352. The molecule has 0 bridgehead atoms. The maximum atomic E-state index is 13.6. The van der Waals surface area contributed by atoms with Crippen LogP contribution in [0.5, 0.6) is 0 Å². The SMILES string of the molecule is CNCC1C(=O)NC(C)C(=O)N2CC(C)CC2C(=O)OC(C)CC(=O)N2CCCC2C(=O)N1CC=O. The van der Waals surface area contributed by atoms with Crippen LogP contribution in [0.4, 0.5) is 0 Å². The first-order chi connectivity index (χ1) is 17.1. The molecular weight excluding hydrogens is 470 g/mol. The second-order valence-electron chi connectivity index (χ2n) is 10.0. The highest BCUT2D eigenvalue weighted by Crippen LogP contribution is 2.26. The number of amides is 4. The van der Waals surface area contributed by atoms with Gasteiger partial charge in [-0.05, 0) is 46.1 Å². The van der Waals surface area contributed by atoms with E-state index in [2.05, 4.69) is 10.6 Å². The molecule has 200 valence electrons. The van der Waals surface area contributed by atoms with Crippen LogP contribution in [0, 0.1) is 5.92 Å². The molecule has 3 fully saturated rings. The number of fused-ring (bicyclic) bond motifs is 2. The molecule has 2 N–H and O–H groups in total. The molecule has 3 rings (SSSR count). The summed E-state index contributed by atoms with van der Waals surface area (Å²) in [6.45, 7) is 5.45. The third kappa shape index (κ3) is 5.85. The molecule has 3 saturated heterocycles. The second kappa shape index (κ2) is 11.8. The molecule has 12 heteroatoms. The van der Waals surface area contributed by atoms with E-state index in [9.17, 15) is 28.8 Å². The summed E-state index contributed by atoms with van der Waals surface area (Å²) in [7, 11) is 1.61. The molecule has 0 saturated carbocycles. The predicted molar refractivity (Wildman–Crippen MR) is 127 cm³/mol. The number of nitrogens with one attached hydrogen (secondary N) is 2. The molecule has 0 aromatic heterocycles. The lowest BCUT2D eigenvalue weighted by molar-refractivity contribution is -0.160. The predicted octanol–water partition coefficient (Wildman–Crippen LogP) is -1.33. The number of cyclic esters (lactones) is 1. The van der Waals surface area contributed by atoms with Crippen molar-refractivity contribution in [2.45, 2.75) is 76.7 Å². The molecule has 4 amide bonds. The Hall–Kier alpha value is -3.02. The summed E-state index contributed by atoms with van der Waals surface area (Å²) in [5.41, 5.74) is 0. The normalized spacial score (nSPS) is 32.8. The summed E-state index contributed by atoms with van der Waals surface area (Å²) in [4.78, 5) is 81.7. The third-order valence-corrected chi connectivity index (χ3v) is 7.06. The van der Waals surface area contributed by atoms with Crippen LogP contribution in [0.3, 0.4) is 0 Å². The minimum absolute atomic E-state index is 0.0414. The lowest BCUT2D eigenvalue weighted by Gasteiger charge is -2.35. The van der Waals surface area contributed by atoms with E-state index in [0.717, 1.165) is 0 Å². The number of hydrogen-bond acceptors (Lipinski definition) is 8. The van der Waals surface area contributed by atoms with Crippen molar-refractivity contribution in [1.29, 1.82) is 0 Å². The number of likely N-dealkylation sites (N-methyl/N-ethyl adjacent to an activating group) is 1. The van der Waals surface area contributed by atoms with Crippen molar-refractivity contribution in [3.63, 3.8) is 0 Å². The Morgan fingerprint density at radius 1 is 1.06 bits per heavy atom. The molecule has 6 unspecified atom stereocenters. The van der Waals surface area contributed by atoms with Gasteiger partial charge in [0, 0.05) is 19.6 Å². The Morgan fingerprint density at radius 2 is 1.78 bits per heavy atom. The average molecular weight is 508 g/mol. The number of carbonyl (C=O) groups excluding carboxylic acids is 6. The molecule has 0 spiro atoms. The van der Waals surface area contributed by atoms with Crippen LogP contribution in [-0.4, -0.2) is 114 Å². The van der Waals surface area contributed by atoms with Crippen LogP contribution in [0.1, 0.15) is 46.5 Å². The van der Waals surface area contributed by atoms with Crippen molar-refractivity contribution in [3.05, 3.63) is 0 Å². The zero-order chi connectivity index (χ0) is 26.6. The molecule has 6 atom stereocenters. The van der Waals surface area contributed by atoms with Gasteiger partial charge < -0.3 is 34.9 Å². The first-order valence-corrected chi connectivity index (χ1v) is 12.6. The number of aldehydes is 1. The number of carbonyl (C=O) groups is 6. The number of rotatable bonds is 4. The first-order valence-electron chi connectivity index (χ1n) is 12.6. The highest BCUT2D eigenvalue weighted by atomic mass is 16.5. The highest BCUT2D eigenvalue weighted by molar-refractivity contribution is 5.96. The fraction of sp³-hybridized carbons (Fsp3) is 0.750. The Morgan fingerprint density at radius 3 is 2.44 bits per heavy atom. The molecule has 12 nitrogen and oxygen atoms in total. The van der Waals surface area contributed by atoms with Gasteiger partial charge in [0.15, 0.2) is 0 Å². The van der Waals surface area contributed by atoms with Crippen molar-refractivity contribution < 1.29 is 33.5 Å². The molecule has 0 radical (unpaired) electrons. The highest BCUT2D eigenvalue weighted by Gasteiger charge is 2.44. The molecule has 0 aromatic carbocycles. The van der Waals surface area contributed by atoms with Gasteiger partial charge in [-0.1, -0.05) is 6.92 Å². The molecule has 0 aliphatic carbocycles. The summed E-state index contributed by atoms with van der Waals surface area (Å²) in [5.74, 6) is -2.44. The van der Waals surface area contributed by atoms with Crippen LogP contribution >= 0.6 is 0 Å². The lowest BCUT2D eigenvalue weighted by atomic mass is 10.1. The Kier molecular flexibility index (Phi) is 9.04. The molecule has 3 aliphatic heterocycles. The van der Waals surface area contributed by atoms with Gasteiger partial charge in [0.2, 0.25) is 23.6 Å². The van der Waals surface area contributed by atoms with Crippen LogP contribution in [-0.2, 0) is 33.5 Å². The van der Waals surface area contributed by atoms with Crippen LogP contribution in [0.25, 0.3) is 0 Å². The molecule has 3 heterocycles. The summed E-state index contributed by atoms with van der Waals surface area (Å²) < 4.78 is 5.55. The Bertz CT molecular complexity index is 896. The Balaban J connectivity index is 1.99. The van der Waals surface area contributed by atoms with E-state index in [0.29, 0.717) is 38.6 Å². The minimum Gasteiger partial charge on any atom is -0.461 e. The van der Waals surface area contributed by atoms with Crippen LogP contribution in [0.15, 0.2) is 0 Å². The zero-order valence-electron chi connectivity index (χ0n) is 21.4. The van der Waals surface area contributed by atoms with E-state index >= 15 is 0 Å². The van der Waals surface area contributed by atoms with Gasteiger partial charge in [-0.2, -0.15) is 0 Å². The Labute approximate surface area is 211 Å². The maximum absolute atomic E-state index is 13.6. The fourth-order valence-electron chi connectivity index (χ4n) is 5.32. The van der Waals surface area contributed by atoms with E-state index in [4.69, 9.17) is 4.74 Å². The van der Waals surface area contributed by atoms with Crippen LogP contribution < -0.4 is 10.6 Å². The smallest absolute Gasteiger partial charge is 0.329 e. The number of esters is 1. The summed E-state index contributed by atoms with van der Waals surface area (Å²) in [6.07, 6.45) is 1.09. The van der Waals surface area contributed by atoms with Crippen molar-refractivity contribution in [2.24, 2.45) is 5.92 Å². The second-order valence-corrected chi connectivity index (χ2v) is 10.0. The van der Waals surface area contributed by atoms with Crippen molar-refractivity contribution in [2.75, 3.05) is 33.2 Å². The molecule has 3 aliphatic rings. The van der Waals surface area contributed by atoms with Crippen molar-refractivity contribution in [1.82, 2.24) is 25.3 Å². The van der Waals surface area contributed by atoms with Crippen molar-refractivity contribution in [3.8, 4) is 0 Å². The maximum Gasteiger partial charge on any atom is 0.329 e. The van der Waals surface area contributed by atoms with Gasteiger partial charge in [0.25, 0.3) is 0 Å². The number of ether oxygens (including phenoxy) is 1. The third-order valence-electron chi connectivity index (χ3n) is 7.06. The van der Waals surface area contributed by atoms with E-state index in [-0.39, 0.29) is 31.3 Å². The molecule has 36 heavy (non-hydrogen) atoms. The number of nitrogens with zero attached hydrogens (tertiary/aromatic N) is 3. The van der Waals surface area contributed by atoms with E-state index < -0.39 is 54.0 Å². The van der Waals surface area contributed by atoms with Gasteiger partial charge in [-0.15, -0.1) is 0 Å². The van der Waals surface area contributed by atoms with Gasteiger partial charge in [-0.3, -0.25) is 19.2 Å². The van der Waals surface area contributed by atoms with E-state index in [1.807, 2.05) is 6.92 Å². The first kappa shape index (κ1) is 27.6. The summed E-state index contributed by atoms with van der Waals surface area (Å²) in [5, 5.41) is 5.53. The molecule has 0 aromatic rings. The standard InChI is InChI=1S/C24H37N5O7/c1-14-10-18-24(35)36-15(2)11-20(31)27-7-5-6-17(27)23(34)28(8-9-30)19(12-25-4)21(32)26-16(3)22(33)29(18)13-14/h9,14-19,25H,5-8,10-13H2,1-4H3,(H,26,32). The zero-order valence-corrected chi connectivity index (χ0v) is 21.4. The van der Waals surface area contributed by atoms with Crippen LogP contribution in [0.2, 0.25) is 0 Å². The largest absolute Gasteiger partial charge is 0.461 e. The number of hydrogen-bond donors (Lipinski definition) is 2. The van der Waals surface area contributed by atoms with Gasteiger partial charge in [0.1, 0.15) is 36.6 Å².